The van der Waals surface area contributed by atoms with E-state index in [0.29, 0.717) is 19.6 Å². The van der Waals surface area contributed by atoms with E-state index in [-0.39, 0.29) is 24.3 Å². The van der Waals surface area contributed by atoms with Gasteiger partial charge in [-0.2, -0.15) is 0 Å². The third-order valence-corrected chi connectivity index (χ3v) is 5.71. The van der Waals surface area contributed by atoms with Gasteiger partial charge in [0.15, 0.2) is 0 Å². The maximum Gasteiger partial charge on any atom is 0.325 e. The molecule has 7 nitrogen and oxygen atoms in total. The number of para-hydroxylation sites is 1. The zero-order valence-electron chi connectivity index (χ0n) is 16.4. The predicted octanol–water partition coefficient (Wildman–Crippen LogP) is 2.46. The summed E-state index contributed by atoms with van der Waals surface area (Å²) in [7, 11) is 0. The van der Waals surface area contributed by atoms with Crippen molar-refractivity contribution in [3.63, 3.8) is 0 Å². The SMILES string of the molecule is C[C@@H]1CCCC[C@]12NC(=O)N(CC(=O)NCCCCOc1ccccc1)C2=O. The standard InChI is InChI=1S/C21H29N3O4/c1-16-9-5-6-12-21(16)19(26)24(20(27)23-21)15-18(25)22-13-7-8-14-28-17-10-3-2-4-11-17/h2-4,10-11,16H,5-9,12-15H2,1H3,(H,22,25)(H,23,27)/t16-,21+/m1/s1. The van der Waals surface area contributed by atoms with Gasteiger partial charge in [-0.15, -0.1) is 0 Å². The molecule has 0 bridgehead atoms. The van der Waals surface area contributed by atoms with Gasteiger partial charge in [0.1, 0.15) is 17.8 Å². The molecule has 0 unspecified atom stereocenters. The lowest BCUT2D eigenvalue weighted by Gasteiger charge is -2.36. The number of hydrogen-bond donors (Lipinski definition) is 2. The van der Waals surface area contributed by atoms with Gasteiger partial charge in [0, 0.05) is 6.54 Å². The lowest BCUT2D eigenvalue weighted by molar-refractivity contribution is -0.137. The monoisotopic (exact) mass is 387 g/mol. The average molecular weight is 387 g/mol. The molecule has 2 atom stereocenters. The Hall–Kier alpha value is -2.57. The number of benzene rings is 1. The summed E-state index contributed by atoms with van der Waals surface area (Å²) >= 11 is 0. The summed E-state index contributed by atoms with van der Waals surface area (Å²) in [4.78, 5) is 38.4. The van der Waals surface area contributed by atoms with E-state index in [1.807, 2.05) is 37.3 Å². The van der Waals surface area contributed by atoms with Gasteiger partial charge in [0.05, 0.1) is 6.61 Å². The van der Waals surface area contributed by atoms with E-state index in [2.05, 4.69) is 10.6 Å². The van der Waals surface area contributed by atoms with Crippen molar-refractivity contribution in [2.75, 3.05) is 19.7 Å². The van der Waals surface area contributed by atoms with Crippen LogP contribution >= 0.6 is 0 Å². The molecule has 1 aromatic rings. The summed E-state index contributed by atoms with van der Waals surface area (Å²) in [6, 6.07) is 9.13. The first-order valence-corrected chi connectivity index (χ1v) is 10.1. The van der Waals surface area contributed by atoms with E-state index < -0.39 is 11.6 Å². The van der Waals surface area contributed by atoms with Crippen molar-refractivity contribution in [2.45, 2.75) is 51.0 Å². The quantitative estimate of drug-likeness (QED) is 0.530. The van der Waals surface area contributed by atoms with Crippen molar-refractivity contribution in [1.29, 1.82) is 0 Å². The van der Waals surface area contributed by atoms with Crippen LogP contribution in [0.3, 0.4) is 0 Å². The molecule has 1 aliphatic carbocycles. The van der Waals surface area contributed by atoms with Crippen molar-refractivity contribution < 1.29 is 19.1 Å². The van der Waals surface area contributed by atoms with Crippen LogP contribution in [-0.2, 0) is 9.59 Å². The first-order valence-electron chi connectivity index (χ1n) is 10.1. The summed E-state index contributed by atoms with van der Waals surface area (Å²) in [6.07, 6.45) is 5.12. The Bertz CT molecular complexity index is 709. The highest BCUT2D eigenvalue weighted by atomic mass is 16.5. The van der Waals surface area contributed by atoms with Crippen LogP contribution in [0, 0.1) is 5.92 Å². The number of ether oxygens (including phenoxy) is 1. The van der Waals surface area contributed by atoms with E-state index >= 15 is 0 Å². The summed E-state index contributed by atoms with van der Waals surface area (Å²) in [5.41, 5.74) is -0.815. The van der Waals surface area contributed by atoms with Gasteiger partial charge in [0.2, 0.25) is 5.91 Å². The van der Waals surface area contributed by atoms with E-state index in [1.54, 1.807) is 0 Å². The Balaban J connectivity index is 1.37. The van der Waals surface area contributed by atoms with Crippen LogP contribution in [-0.4, -0.2) is 48.0 Å². The molecular weight excluding hydrogens is 358 g/mol. The minimum absolute atomic E-state index is 0.0929. The van der Waals surface area contributed by atoms with Crippen LogP contribution in [0.2, 0.25) is 0 Å². The number of carbonyl (C=O) groups is 3. The van der Waals surface area contributed by atoms with E-state index in [9.17, 15) is 14.4 Å². The second-order valence-corrected chi connectivity index (χ2v) is 7.66. The van der Waals surface area contributed by atoms with E-state index in [4.69, 9.17) is 4.74 Å². The Morgan fingerprint density at radius 3 is 2.79 bits per heavy atom. The second kappa shape index (κ2) is 9.08. The number of imide groups is 1. The molecule has 3 rings (SSSR count). The molecular formula is C21H29N3O4. The van der Waals surface area contributed by atoms with Crippen molar-refractivity contribution in [3.8, 4) is 5.75 Å². The van der Waals surface area contributed by atoms with Gasteiger partial charge in [-0.3, -0.25) is 14.5 Å². The zero-order chi connectivity index (χ0) is 20.0. The summed E-state index contributed by atoms with van der Waals surface area (Å²) in [5.74, 6) is 0.357. The topological polar surface area (TPSA) is 87.7 Å². The third-order valence-electron chi connectivity index (χ3n) is 5.71. The normalized spacial score (nSPS) is 24.3. The predicted molar refractivity (Wildman–Crippen MR) is 105 cm³/mol. The zero-order valence-corrected chi connectivity index (χ0v) is 16.4. The molecule has 1 heterocycles. The summed E-state index contributed by atoms with van der Waals surface area (Å²) < 4.78 is 5.60. The highest BCUT2D eigenvalue weighted by Crippen LogP contribution is 2.38. The Kier molecular flexibility index (Phi) is 6.54. The van der Waals surface area contributed by atoms with Gasteiger partial charge in [-0.05, 0) is 43.7 Å². The number of hydrogen-bond acceptors (Lipinski definition) is 4. The van der Waals surface area contributed by atoms with Gasteiger partial charge >= 0.3 is 6.03 Å². The molecule has 2 N–H and O–H groups in total. The number of amides is 4. The first kappa shape index (κ1) is 20.2. The van der Waals surface area contributed by atoms with E-state index in [0.717, 1.165) is 42.8 Å². The minimum atomic E-state index is -0.815. The molecule has 0 aromatic heterocycles. The molecule has 152 valence electrons. The van der Waals surface area contributed by atoms with Crippen LogP contribution in [0.25, 0.3) is 0 Å². The molecule has 28 heavy (non-hydrogen) atoms. The average Bonchev–Trinajstić information content (AvgIpc) is 2.93. The van der Waals surface area contributed by atoms with Gasteiger partial charge in [-0.1, -0.05) is 38.0 Å². The van der Waals surface area contributed by atoms with Gasteiger partial charge in [-0.25, -0.2) is 4.79 Å². The summed E-state index contributed by atoms with van der Waals surface area (Å²) in [6.45, 7) is 2.84. The molecule has 7 heteroatoms. The van der Waals surface area contributed by atoms with Crippen molar-refractivity contribution >= 4 is 17.8 Å². The Morgan fingerprint density at radius 1 is 1.25 bits per heavy atom. The molecule has 1 saturated carbocycles. The fraction of sp³-hybridized carbons (Fsp3) is 0.571. The maximum absolute atomic E-state index is 12.8. The van der Waals surface area contributed by atoms with Gasteiger partial charge in [0.25, 0.3) is 5.91 Å². The lowest BCUT2D eigenvalue weighted by Crippen LogP contribution is -2.54. The molecule has 1 saturated heterocycles. The maximum atomic E-state index is 12.8. The van der Waals surface area contributed by atoms with Crippen molar-refractivity contribution in [3.05, 3.63) is 30.3 Å². The number of unbranched alkanes of at least 4 members (excludes halogenated alkanes) is 1. The number of rotatable bonds is 8. The van der Waals surface area contributed by atoms with Crippen LogP contribution in [0.15, 0.2) is 30.3 Å². The van der Waals surface area contributed by atoms with Crippen molar-refractivity contribution in [2.24, 2.45) is 5.92 Å². The summed E-state index contributed by atoms with van der Waals surface area (Å²) in [5, 5.41) is 5.65. The number of nitrogens with zero attached hydrogens (tertiary/aromatic N) is 1. The van der Waals surface area contributed by atoms with Crippen LogP contribution in [0.1, 0.15) is 45.4 Å². The number of carbonyl (C=O) groups excluding carboxylic acids is 3. The van der Waals surface area contributed by atoms with E-state index in [1.165, 1.54) is 0 Å². The molecule has 0 radical (unpaired) electrons. The second-order valence-electron chi connectivity index (χ2n) is 7.66. The number of nitrogens with one attached hydrogen (secondary N) is 2. The fourth-order valence-corrected chi connectivity index (χ4v) is 4.00. The highest BCUT2D eigenvalue weighted by Gasteiger charge is 2.55. The largest absolute Gasteiger partial charge is 0.494 e. The highest BCUT2D eigenvalue weighted by molar-refractivity contribution is 6.09. The molecule has 1 aliphatic heterocycles. The van der Waals surface area contributed by atoms with Crippen LogP contribution in [0.5, 0.6) is 5.75 Å². The van der Waals surface area contributed by atoms with Crippen molar-refractivity contribution in [1.82, 2.24) is 15.5 Å². The Morgan fingerprint density at radius 2 is 2.04 bits per heavy atom. The molecule has 1 aromatic carbocycles. The van der Waals surface area contributed by atoms with Gasteiger partial charge < -0.3 is 15.4 Å². The van der Waals surface area contributed by atoms with Crippen LogP contribution in [0.4, 0.5) is 4.79 Å². The fourth-order valence-electron chi connectivity index (χ4n) is 4.00. The molecule has 2 fully saturated rings. The third kappa shape index (κ3) is 4.46. The molecule has 4 amide bonds. The minimum Gasteiger partial charge on any atom is -0.494 e. The molecule has 2 aliphatic rings. The first-order chi connectivity index (χ1) is 13.5. The molecule has 1 spiro atoms. The smallest absolute Gasteiger partial charge is 0.325 e. The lowest BCUT2D eigenvalue weighted by atomic mass is 9.73. The van der Waals surface area contributed by atoms with Crippen LogP contribution < -0.4 is 15.4 Å². The Labute approximate surface area is 165 Å². The number of urea groups is 1.